The monoisotopic (exact) mass is 180 g/mol. The first-order valence-electron chi connectivity index (χ1n) is 3.83. The molecule has 1 amide bonds. The van der Waals surface area contributed by atoms with E-state index in [9.17, 15) is 4.79 Å². The number of pyridine rings is 1. The second kappa shape index (κ2) is 2.93. The summed E-state index contributed by atoms with van der Waals surface area (Å²) in [6.45, 7) is 0.862. The molecule has 2 N–H and O–H groups in total. The largest absolute Gasteiger partial charge is 0.484 e. The van der Waals surface area contributed by atoms with Crippen molar-refractivity contribution >= 4 is 5.91 Å². The third-order valence-corrected chi connectivity index (χ3v) is 1.71. The van der Waals surface area contributed by atoms with Gasteiger partial charge in [0.15, 0.2) is 5.75 Å². The molecule has 1 aliphatic rings. The van der Waals surface area contributed by atoms with E-state index in [2.05, 4.69) is 4.98 Å². The summed E-state index contributed by atoms with van der Waals surface area (Å²) in [6.07, 6.45) is 1.47. The summed E-state index contributed by atoms with van der Waals surface area (Å²) in [7, 11) is 0. The van der Waals surface area contributed by atoms with Gasteiger partial charge in [0.1, 0.15) is 13.2 Å². The van der Waals surface area contributed by atoms with Gasteiger partial charge < -0.3 is 15.2 Å². The van der Waals surface area contributed by atoms with Gasteiger partial charge in [-0.2, -0.15) is 0 Å². The molecule has 2 heterocycles. The van der Waals surface area contributed by atoms with Crippen LogP contribution in [0, 0.1) is 0 Å². The van der Waals surface area contributed by atoms with Crippen molar-refractivity contribution in [1.82, 2.24) is 4.98 Å². The van der Waals surface area contributed by atoms with Gasteiger partial charge in [0.05, 0.1) is 5.56 Å². The lowest BCUT2D eigenvalue weighted by atomic mass is 10.2. The van der Waals surface area contributed by atoms with Crippen LogP contribution in [0.2, 0.25) is 0 Å². The first kappa shape index (κ1) is 7.85. The van der Waals surface area contributed by atoms with Crippen LogP contribution < -0.4 is 15.2 Å². The minimum atomic E-state index is -0.538. The van der Waals surface area contributed by atoms with E-state index in [1.54, 1.807) is 0 Å². The van der Waals surface area contributed by atoms with Crippen LogP contribution in [0.1, 0.15) is 10.4 Å². The first-order valence-corrected chi connectivity index (χ1v) is 3.83. The van der Waals surface area contributed by atoms with Gasteiger partial charge in [-0.25, -0.2) is 4.98 Å². The number of amides is 1. The van der Waals surface area contributed by atoms with E-state index in [0.29, 0.717) is 30.4 Å². The highest BCUT2D eigenvalue weighted by atomic mass is 16.6. The predicted molar refractivity (Wildman–Crippen MR) is 43.7 cm³/mol. The zero-order valence-electron chi connectivity index (χ0n) is 6.82. The van der Waals surface area contributed by atoms with Gasteiger partial charge in [-0.05, 0) is 6.07 Å². The van der Waals surface area contributed by atoms with Crippen molar-refractivity contribution in [3.05, 3.63) is 17.8 Å². The minimum absolute atomic E-state index is 0.310. The standard InChI is InChI=1S/C8H8N2O3/c9-7(11)5-1-2-10-8-6(5)12-3-4-13-8/h1-2H,3-4H2,(H2,9,11). The highest BCUT2D eigenvalue weighted by Crippen LogP contribution is 2.30. The first-order chi connectivity index (χ1) is 6.29. The van der Waals surface area contributed by atoms with Gasteiger partial charge in [0.2, 0.25) is 0 Å². The number of fused-ring (bicyclic) bond motifs is 1. The Morgan fingerprint density at radius 2 is 2.23 bits per heavy atom. The molecule has 5 nitrogen and oxygen atoms in total. The van der Waals surface area contributed by atoms with Crippen LogP contribution in [0.25, 0.3) is 0 Å². The van der Waals surface area contributed by atoms with Gasteiger partial charge in [0.25, 0.3) is 11.8 Å². The smallest absolute Gasteiger partial charge is 0.257 e. The van der Waals surface area contributed by atoms with Crippen molar-refractivity contribution in [1.29, 1.82) is 0 Å². The fourth-order valence-corrected chi connectivity index (χ4v) is 1.15. The molecule has 0 radical (unpaired) electrons. The van der Waals surface area contributed by atoms with Gasteiger partial charge >= 0.3 is 0 Å². The van der Waals surface area contributed by atoms with Crippen LogP contribution >= 0.6 is 0 Å². The maximum atomic E-state index is 10.9. The maximum Gasteiger partial charge on any atom is 0.257 e. The van der Waals surface area contributed by atoms with Crippen molar-refractivity contribution in [3.8, 4) is 11.6 Å². The van der Waals surface area contributed by atoms with Gasteiger partial charge in [-0.3, -0.25) is 4.79 Å². The SMILES string of the molecule is NC(=O)c1ccnc2c1OCCO2. The molecule has 1 aliphatic heterocycles. The van der Waals surface area contributed by atoms with Crippen LogP contribution in [0.4, 0.5) is 0 Å². The zero-order valence-corrected chi connectivity index (χ0v) is 6.82. The third kappa shape index (κ3) is 1.28. The van der Waals surface area contributed by atoms with Gasteiger partial charge in [-0.1, -0.05) is 0 Å². The Morgan fingerprint density at radius 3 is 3.00 bits per heavy atom. The van der Waals surface area contributed by atoms with Crippen molar-refractivity contribution in [2.75, 3.05) is 13.2 Å². The molecule has 1 aromatic rings. The molecular weight excluding hydrogens is 172 g/mol. The lowest BCUT2D eigenvalue weighted by Gasteiger charge is -2.18. The summed E-state index contributed by atoms with van der Waals surface area (Å²) in [4.78, 5) is 14.8. The number of carbonyl (C=O) groups excluding carboxylic acids is 1. The summed E-state index contributed by atoms with van der Waals surface area (Å²) >= 11 is 0. The van der Waals surface area contributed by atoms with E-state index >= 15 is 0 Å². The van der Waals surface area contributed by atoms with Gasteiger partial charge in [0, 0.05) is 6.20 Å². The van der Waals surface area contributed by atoms with Crippen LogP contribution in [0.5, 0.6) is 11.6 Å². The summed E-state index contributed by atoms with van der Waals surface area (Å²) in [6, 6.07) is 1.51. The lowest BCUT2D eigenvalue weighted by Crippen LogP contribution is -2.21. The number of hydrogen-bond donors (Lipinski definition) is 1. The quantitative estimate of drug-likeness (QED) is 0.657. The summed E-state index contributed by atoms with van der Waals surface area (Å²) < 4.78 is 10.4. The molecule has 0 aromatic carbocycles. The van der Waals surface area contributed by atoms with E-state index in [-0.39, 0.29) is 0 Å². The molecule has 0 aliphatic carbocycles. The predicted octanol–water partition coefficient (Wildman–Crippen LogP) is -0.0483. The molecule has 0 bridgehead atoms. The molecule has 1 aromatic heterocycles. The summed E-state index contributed by atoms with van der Waals surface area (Å²) in [5, 5.41) is 0. The molecule has 68 valence electrons. The number of nitrogens with two attached hydrogens (primary N) is 1. The van der Waals surface area contributed by atoms with E-state index in [1.165, 1.54) is 12.3 Å². The molecule has 0 unspecified atom stereocenters. The van der Waals surface area contributed by atoms with Crippen molar-refractivity contribution in [2.24, 2.45) is 5.73 Å². The van der Waals surface area contributed by atoms with E-state index in [0.717, 1.165) is 0 Å². The maximum absolute atomic E-state index is 10.9. The normalized spacial score (nSPS) is 13.8. The average Bonchev–Trinajstić information content (AvgIpc) is 2.17. The number of aromatic nitrogens is 1. The molecule has 5 heteroatoms. The highest BCUT2D eigenvalue weighted by molar-refractivity contribution is 5.96. The van der Waals surface area contributed by atoms with Crippen LogP contribution in [-0.2, 0) is 0 Å². The highest BCUT2D eigenvalue weighted by Gasteiger charge is 2.19. The number of ether oxygens (including phenoxy) is 2. The van der Waals surface area contributed by atoms with Gasteiger partial charge in [-0.15, -0.1) is 0 Å². The molecule has 2 rings (SSSR count). The Hall–Kier alpha value is -1.78. The van der Waals surface area contributed by atoms with Crippen LogP contribution in [-0.4, -0.2) is 24.1 Å². The van der Waals surface area contributed by atoms with E-state index < -0.39 is 5.91 Å². The van der Waals surface area contributed by atoms with E-state index in [1.807, 2.05) is 0 Å². The van der Waals surface area contributed by atoms with Crippen molar-refractivity contribution < 1.29 is 14.3 Å². The van der Waals surface area contributed by atoms with Crippen LogP contribution in [0.15, 0.2) is 12.3 Å². The van der Waals surface area contributed by atoms with Crippen molar-refractivity contribution in [2.45, 2.75) is 0 Å². The molecular formula is C8H8N2O3. The number of nitrogens with zero attached hydrogens (tertiary/aromatic N) is 1. The number of rotatable bonds is 1. The fraction of sp³-hybridized carbons (Fsp3) is 0.250. The third-order valence-electron chi connectivity index (χ3n) is 1.71. The fourth-order valence-electron chi connectivity index (χ4n) is 1.15. The molecule has 0 atom stereocenters. The Labute approximate surface area is 74.5 Å². The molecule has 0 saturated heterocycles. The lowest BCUT2D eigenvalue weighted by molar-refractivity contribution is 0.0987. The molecule has 0 spiro atoms. The number of hydrogen-bond acceptors (Lipinski definition) is 4. The summed E-state index contributed by atoms with van der Waals surface area (Å²) in [5.74, 6) is 0.146. The minimum Gasteiger partial charge on any atom is -0.484 e. The van der Waals surface area contributed by atoms with Crippen LogP contribution in [0.3, 0.4) is 0 Å². The summed E-state index contributed by atoms with van der Waals surface area (Å²) in [5.41, 5.74) is 5.45. The Kier molecular flexibility index (Phi) is 1.77. The van der Waals surface area contributed by atoms with E-state index in [4.69, 9.17) is 15.2 Å². The average molecular weight is 180 g/mol. The molecule has 0 saturated carbocycles. The van der Waals surface area contributed by atoms with Crippen molar-refractivity contribution in [3.63, 3.8) is 0 Å². The second-order valence-corrected chi connectivity index (χ2v) is 2.55. The molecule has 0 fully saturated rings. The Bertz CT molecular complexity index is 351. The Morgan fingerprint density at radius 1 is 1.46 bits per heavy atom. The number of carbonyl (C=O) groups is 1. The Balaban J connectivity index is 2.52. The molecule has 13 heavy (non-hydrogen) atoms. The topological polar surface area (TPSA) is 74.4 Å². The number of primary amides is 1. The zero-order chi connectivity index (χ0) is 9.26. The second-order valence-electron chi connectivity index (χ2n) is 2.55.